The molecule has 0 radical (unpaired) electrons. The van der Waals surface area contributed by atoms with Crippen LogP contribution in [0.25, 0.3) is 0 Å². The highest BCUT2D eigenvalue weighted by molar-refractivity contribution is 5.40. The SMILES string of the molecule is COc1ccc(C(C)(OC)c2ccc(OC3CO3)cc2)cc1. The van der Waals surface area contributed by atoms with Crippen LogP contribution in [0.3, 0.4) is 0 Å². The highest BCUT2D eigenvalue weighted by Crippen LogP contribution is 2.34. The predicted molar refractivity (Wildman–Crippen MR) is 83.3 cm³/mol. The van der Waals surface area contributed by atoms with Crippen molar-refractivity contribution in [2.24, 2.45) is 0 Å². The van der Waals surface area contributed by atoms with Crippen LogP contribution >= 0.6 is 0 Å². The van der Waals surface area contributed by atoms with E-state index in [2.05, 4.69) is 6.92 Å². The smallest absolute Gasteiger partial charge is 0.223 e. The van der Waals surface area contributed by atoms with Crippen LogP contribution < -0.4 is 9.47 Å². The third-order valence-corrected chi connectivity index (χ3v) is 4.02. The van der Waals surface area contributed by atoms with E-state index in [4.69, 9.17) is 18.9 Å². The molecule has 1 aliphatic rings. The molecule has 0 spiro atoms. The van der Waals surface area contributed by atoms with E-state index in [1.165, 1.54) is 0 Å². The number of epoxide rings is 1. The van der Waals surface area contributed by atoms with Gasteiger partial charge in [-0.3, -0.25) is 0 Å². The van der Waals surface area contributed by atoms with E-state index in [1.54, 1.807) is 14.2 Å². The summed E-state index contributed by atoms with van der Waals surface area (Å²) in [7, 11) is 3.37. The first-order valence-corrected chi connectivity index (χ1v) is 7.24. The van der Waals surface area contributed by atoms with E-state index in [-0.39, 0.29) is 6.29 Å². The minimum absolute atomic E-state index is 0.0822. The van der Waals surface area contributed by atoms with Crippen LogP contribution in [0.15, 0.2) is 48.5 Å². The van der Waals surface area contributed by atoms with Crippen LogP contribution in [0.5, 0.6) is 11.5 Å². The molecule has 1 saturated heterocycles. The van der Waals surface area contributed by atoms with Crippen LogP contribution in [-0.2, 0) is 15.1 Å². The van der Waals surface area contributed by atoms with Crippen molar-refractivity contribution in [1.29, 1.82) is 0 Å². The van der Waals surface area contributed by atoms with Crippen molar-refractivity contribution in [3.8, 4) is 11.5 Å². The molecule has 116 valence electrons. The molecule has 1 aliphatic heterocycles. The van der Waals surface area contributed by atoms with Crippen molar-refractivity contribution in [2.45, 2.75) is 18.8 Å². The first-order valence-electron chi connectivity index (χ1n) is 7.24. The molecule has 1 fully saturated rings. The summed E-state index contributed by atoms with van der Waals surface area (Å²) < 4.78 is 21.7. The van der Waals surface area contributed by atoms with Gasteiger partial charge >= 0.3 is 0 Å². The predicted octanol–water partition coefficient (Wildman–Crippen LogP) is 3.34. The summed E-state index contributed by atoms with van der Waals surface area (Å²) in [6, 6.07) is 15.8. The van der Waals surface area contributed by atoms with Crippen molar-refractivity contribution in [3.63, 3.8) is 0 Å². The summed E-state index contributed by atoms with van der Waals surface area (Å²) in [5, 5.41) is 0. The lowest BCUT2D eigenvalue weighted by atomic mass is 9.88. The lowest BCUT2D eigenvalue weighted by Gasteiger charge is -2.29. The van der Waals surface area contributed by atoms with Gasteiger partial charge in [-0.25, -0.2) is 0 Å². The first-order chi connectivity index (χ1) is 10.7. The van der Waals surface area contributed by atoms with Crippen molar-refractivity contribution in [2.75, 3.05) is 20.8 Å². The van der Waals surface area contributed by atoms with Crippen LogP contribution in [0.2, 0.25) is 0 Å². The Hall–Kier alpha value is -2.04. The van der Waals surface area contributed by atoms with Gasteiger partial charge in [-0.05, 0) is 42.3 Å². The molecule has 0 saturated carbocycles. The number of ether oxygens (including phenoxy) is 4. The van der Waals surface area contributed by atoms with Gasteiger partial charge in [0.05, 0.1) is 7.11 Å². The van der Waals surface area contributed by atoms with Gasteiger partial charge in [-0.15, -0.1) is 0 Å². The van der Waals surface area contributed by atoms with Crippen molar-refractivity contribution in [3.05, 3.63) is 59.7 Å². The number of methoxy groups -OCH3 is 2. The highest BCUT2D eigenvalue weighted by atomic mass is 16.8. The molecule has 3 rings (SSSR count). The zero-order chi connectivity index (χ0) is 15.6. The lowest BCUT2D eigenvalue weighted by molar-refractivity contribution is 0.0390. The molecule has 2 atom stereocenters. The molecule has 2 unspecified atom stereocenters. The number of rotatable bonds is 6. The van der Waals surface area contributed by atoms with Crippen molar-refractivity contribution in [1.82, 2.24) is 0 Å². The largest absolute Gasteiger partial charge is 0.497 e. The van der Waals surface area contributed by atoms with Gasteiger partial charge in [0, 0.05) is 7.11 Å². The van der Waals surface area contributed by atoms with E-state index in [0.29, 0.717) is 6.61 Å². The van der Waals surface area contributed by atoms with Crippen LogP contribution in [0.1, 0.15) is 18.1 Å². The van der Waals surface area contributed by atoms with Gasteiger partial charge in [0.1, 0.15) is 23.7 Å². The van der Waals surface area contributed by atoms with E-state index in [9.17, 15) is 0 Å². The summed E-state index contributed by atoms with van der Waals surface area (Å²) >= 11 is 0. The summed E-state index contributed by atoms with van der Waals surface area (Å²) in [6.07, 6.45) is -0.0822. The quantitative estimate of drug-likeness (QED) is 0.767. The maximum Gasteiger partial charge on any atom is 0.223 e. The molecular weight excluding hydrogens is 280 g/mol. The number of hydrogen-bond donors (Lipinski definition) is 0. The number of benzene rings is 2. The molecule has 2 aromatic rings. The zero-order valence-electron chi connectivity index (χ0n) is 13.0. The molecular formula is C18H20O4. The van der Waals surface area contributed by atoms with Gasteiger partial charge < -0.3 is 18.9 Å². The Morgan fingerprint density at radius 1 is 0.909 bits per heavy atom. The third kappa shape index (κ3) is 2.93. The minimum Gasteiger partial charge on any atom is -0.497 e. The van der Waals surface area contributed by atoms with Gasteiger partial charge in [0.2, 0.25) is 6.29 Å². The van der Waals surface area contributed by atoms with Crippen LogP contribution in [0.4, 0.5) is 0 Å². The maximum absolute atomic E-state index is 5.81. The molecule has 0 bridgehead atoms. The van der Waals surface area contributed by atoms with E-state index in [0.717, 1.165) is 22.6 Å². The monoisotopic (exact) mass is 300 g/mol. The molecule has 22 heavy (non-hydrogen) atoms. The Labute approximate surface area is 130 Å². The van der Waals surface area contributed by atoms with E-state index in [1.807, 2.05) is 48.5 Å². The van der Waals surface area contributed by atoms with Crippen LogP contribution in [-0.4, -0.2) is 27.1 Å². The molecule has 0 amide bonds. The van der Waals surface area contributed by atoms with E-state index < -0.39 is 5.60 Å². The average Bonchev–Trinajstić information content (AvgIpc) is 3.39. The summed E-state index contributed by atoms with van der Waals surface area (Å²) in [5.41, 5.74) is 1.60. The molecule has 0 N–H and O–H groups in total. The van der Waals surface area contributed by atoms with E-state index >= 15 is 0 Å². The summed E-state index contributed by atoms with van der Waals surface area (Å²) in [5.74, 6) is 1.63. The van der Waals surface area contributed by atoms with Crippen molar-refractivity contribution < 1.29 is 18.9 Å². The zero-order valence-corrected chi connectivity index (χ0v) is 13.0. The normalized spacial score (nSPS) is 19.3. The fourth-order valence-electron chi connectivity index (χ4n) is 2.42. The fraction of sp³-hybridized carbons (Fsp3) is 0.333. The maximum atomic E-state index is 5.81. The Morgan fingerprint density at radius 2 is 1.41 bits per heavy atom. The van der Waals surface area contributed by atoms with Gasteiger partial charge in [-0.1, -0.05) is 24.3 Å². The molecule has 4 nitrogen and oxygen atoms in total. The lowest BCUT2D eigenvalue weighted by Crippen LogP contribution is -2.25. The molecule has 1 heterocycles. The minimum atomic E-state index is -0.527. The Bertz CT molecular complexity index is 617. The molecule has 4 heteroatoms. The second-order valence-electron chi connectivity index (χ2n) is 5.37. The topological polar surface area (TPSA) is 40.2 Å². The first kappa shape index (κ1) is 14.9. The van der Waals surface area contributed by atoms with Crippen LogP contribution in [0, 0.1) is 0 Å². The standard InChI is InChI=1S/C18H20O4/c1-18(20-3,13-4-8-15(19-2)9-5-13)14-6-10-16(11-7-14)22-17-12-21-17/h4-11,17H,12H2,1-3H3. The second-order valence-corrected chi connectivity index (χ2v) is 5.37. The summed E-state index contributed by atoms with van der Waals surface area (Å²) in [6.45, 7) is 2.72. The average molecular weight is 300 g/mol. The second kappa shape index (κ2) is 5.99. The fourth-order valence-corrected chi connectivity index (χ4v) is 2.42. The van der Waals surface area contributed by atoms with Crippen molar-refractivity contribution >= 4 is 0 Å². The third-order valence-electron chi connectivity index (χ3n) is 4.02. The molecule has 0 aromatic heterocycles. The van der Waals surface area contributed by atoms with Gasteiger partial charge in [0.25, 0.3) is 0 Å². The van der Waals surface area contributed by atoms with Gasteiger partial charge in [-0.2, -0.15) is 0 Å². The molecule has 2 aromatic carbocycles. The highest BCUT2D eigenvalue weighted by Gasteiger charge is 2.29. The molecule has 0 aliphatic carbocycles. The number of hydrogen-bond acceptors (Lipinski definition) is 4. The van der Waals surface area contributed by atoms with Gasteiger partial charge in [0.15, 0.2) is 0 Å². The Balaban J connectivity index is 1.86. The Kier molecular flexibility index (Phi) is 4.05. The summed E-state index contributed by atoms with van der Waals surface area (Å²) in [4.78, 5) is 0. The Morgan fingerprint density at radius 3 is 1.82 bits per heavy atom.